The summed E-state index contributed by atoms with van der Waals surface area (Å²) in [5.74, 6) is -1.55. The lowest BCUT2D eigenvalue weighted by Gasteiger charge is -2.18. The van der Waals surface area contributed by atoms with E-state index in [2.05, 4.69) is 21.3 Å². The number of hydrogen-bond donors (Lipinski definition) is 4. The summed E-state index contributed by atoms with van der Waals surface area (Å²) in [6.07, 6.45) is 0.470. The number of rotatable bonds is 27. The van der Waals surface area contributed by atoms with Crippen molar-refractivity contribution in [3.63, 3.8) is 0 Å². The van der Waals surface area contributed by atoms with Gasteiger partial charge in [0.05, 0.1) is 39.6 Å². The van der Waals surface area contributed by atoms with Crippen LogP contribution in [0.25, 0.3) is 0 Å². The number of alkyl carbamates (subject to hydrolysis) is 2. The first kappa shape index (κ1) is 40.2. The van der Waals surface area contributed by atoms with Gasteiger partial charge in [0.2, 0.25) is 11.8 Å². The van der Waals surface area contributed by atoms with Gasteiger partial charge in [0.1, 0.15) is 19.3 Å². The summed E-state index contributed by atoms with van der Waals surface area (Å²) < 4.78 is 36.3. The third kappa shape index (κ3) is 21.0. The van der Waals surface area contributed by atoms with Crippen LogP contribution in [0.15, 0.2) is 12.2 Å². The number of nitrogens with zero attached hydrogens (tertiary/aromatic N) is 1. The number of amides is 6. The SMILES string of the molecule is COCCOCCNC(=O)OCC(COC(=O)NCCOCCOC)OCCCC(=O)NCCNC(=O)CCN1C(=O)C=CC1=O. The van der Waals surface area contributed by atoms with Crippen LogP contribution in [-0.2, 0) is 52.3 Å². The van der Waals surface area contributed by atoms with Gasteiger partial charge in [0, 0.05) is 78.5 Å². The van der Waals surface area contributed by atoms with Gasteiger partial charge in [0.25, 0.3) is 11.8 Å². The lowest BCUT2D eigenvalue weighted by Crippen LogP contribution is -2.37. The van der Waals surface area contributed by atoms with E-state index in [-0.39, 0.29) is 90.4 Å². The highest BCUT2D eigenvalue weighted by molar-refractivity contribution is 6.13. The first-order chi connectivity index (χ1) is 22.3. The molecule has 262 valence electrons. The Kier molecular flexibility index (Phi) is 23.0. The van der Waals surface area contributed by atoms with Gasteiger partial charge in [-0.05, 0) is 6.42 Å². The van der Waals surface area contributed by atoms with Crippen LogP contribution in [-0.4, -0.2) is 153 Å². The van der Waals surface area contributed by atoms with Gasteiger partial charge >= 0.3 is 12.2 Å². The molecule has 0 spiro atoms. The molecule has 0 bridgehead atoms. The predicted octanol–water partition coefficient (Wildman–Crippen LogP) is -1.52. The summed E-state index contributed by atoms with van der Waals surface area (Å²) in [6.45, 7) is 2.63. The van der Waals surface area contributed by atoms with Crippen molar-refractivity contribution in [1.29, 1.82) is 0 Å². The largest absolute Gasteiger partial charge is 0.447 e. The number of methoxy groups -OCH3 is 2. The van der Waals surface area contributed by atoms with E-state index < -0.39 is 30.1 Å². The third-order valence-electron chi connectivity index (χ3n) is 5.83. The molecule has 0 aromatic heterocycles. The van der Waals surface area contributed by atoms with E-state index in [1.807, 2.05) is 0 Å². The van der Waals surface area contributed by atoms with Crippen molar-refractivity contribution < 1.29 is 61.9 Å². The average Bonchev–Trinajstić information content (AvgIpc) is 3.36. The van der Waals surface area contributed by atoms with E-state index in [0.717, 1.165) is 17.1 Å². The maximum Gasteiger partial charge on any atom is 0.407 e. The molecule has 1 heterocycles. The second-order valence-corrected chi connectivity index (χ2v) is 9.47. The second kappa shape index (κ2) is 26.4. The molecule has 0 unspecified atom stereocenters. The van der Waals surface area contributed by atoms with Crippen molar-refractivity contribution in [1.82, 2.24) is 26.2 Å². The quantitative estimate of drug-likeness (QED) is 0.0581. The smallest absolute Gasteiger partial charge is 0.407 e. The minimum Gasteiger partial charge on any atom is -0.447 e. The summed E-state index contributed by atoms with van der Waals surface area (Å²) in [4.78, 5) is 72.1. The minimum absolute atomic E-state index is 0.0240. The van der Waals surface area contributed by atoms with Crippen LogP contribution >= 0.6 is 0 Å². The van der Waals surface area contributed by atoms with Crippen LogP contribution < -0.4 is 21.3 Å². The van der Waals surface area contributed by atoms with Gasteiger partial charge in [-0.1, -0.05) is 0 Å². The number of carbonyl (C=O) groups excluding carboxylic acids is 6. The Morgan fingerprint density at radius 3 is 1.65 bits per heavy atom. The first-order valence-electron chi connectivity index (χ1n) is 14.9. The Morgan fingerprint density at radius 1 is 0.652 bits per heavy atom. The maximum absolute atomic E-state index is 12.1. The van der Waals surface area contributed by atoms with Gasteiger partial charge in [-0.15, -0.1) is 0 Å². The fourth-order valence-corrected chi connectivity index (χ4v) is 3.45. The number of imide groups is 1. The van der Waals surface area contributed by atoms with Crippen molar-refractivity contribution in [3.8, 4) is 0 Å². The van der Waals surface area contributed by atoms with E-state index in [0.29, 0.717) is 32.8 Å². The zero-order chi connectivity index (χ0) is 33.8. The molecule has 0 fully saturated rings. The van der Waals surface area contributed by atoms with Crippen LogP contribution in [0.5, 0.6) is 0 Å². The Bertz CT molecular complexity index is 916. The van der Waals surface area contributed by atoms with Gasteiger partial charge in [-0.3, -0.25) is 24.1 Å². The highest BCUT2D eigenvalue weighted by atomic mass is 16.6. The molecule has 1 aliphatic heterocycles. The molecule has 0 saturated heterocycles. The van der Waals surface area contributed by atoms with Crippen LogP contribution in [0.3, 0.4) is 0 Å². The molecular weight excluding hydrogens is 614 g/mol. The topological polar surface area (TPSA) is 218 Å². The molecule has 6 amide bonds. The number of ether oxygens (including phenoxy) is 7. The Balaban J connectivity index is 2.29. The fourth-order valence-electron chi connectivity index (χ4n) is 3.45. The Hall–Kier alpha value is -3.84. The molecule has 0 saturated carbocycles. The molecule has 18 nitrogen and oxygen atoms in total. The lowest BCUT2D eigenvalue weighted by molar-refractivity contribution is -0.137. The molecule has 4 N–H and O–H groups in total. The summed E-state index contributed by atoms with van der Waals surface area (Å²) >= 11 is 0. The molecular formula is C28H47N5O13. The molecule has 1 aliphatic rings. The van der Waals surface area contributed by atoms with Crippen LogP contribution in [0, 0.1) is 0 Å². The summed E-state index contributed by atoms with van der Waals surface area (Å²) in [5, 5.41) is 10.3. The molecule has 18 heteroatoms. The van der Waals surface area contributed by atoms with Crippen LogP contribution in [0.4, 0.5) is 9.59 Å². The van der Waals surface area contributed by atoms with Crippen molar-refractivity contribution in [2.75, 3.05) is 106 Å². The lowest BCUT2D eigenvalue weighted by atomic mass is 10.3. The van der Waals surface area contributed by atoms with Crippen molar-refractivity contribution in [2.24, 2.45) is 0 Å². The summed E-state index contributed by atoms with van der Waals surface area (Å²) in [6, 6.07) is 0. The molecule has 0 aliphatic carbocycles. The van der Waals surface area contributed by atoms with E-state index in [1.165, 1.54) is 0 Å². The molecule has 0 atom stereocenters. The number of carbonyl (C=O) groups is 6. The molecule has 1 rings (SSSR count). The van der Waals surface area contributed by atoms with Crippen molar-refractivity contribution in [3.05, 3.63) is 12.2 Å². The summed E-state index contributed by atoms with van der Waals surface area (Å²) in [7, 11) is 3.11. The zero-order valence-corrected chi connectivity index (χ0v) is 26.5. The molecule has 0 aromatic rings. The van der Waals surface area contributed by atoms with E-state index in [4.69, 9.17) is 33.2 Å². The van der Waals surface area contributed by atoms with E-state index in [1.54, 1.807) is 14.2 Å². The predicted molar refractivity (Wildman–Crippen MR) is 160 cm³/mol. The van der Waals surface area contributed by atoms with E-state index in [9.17, 15) is 28.8 Å². The average molecular weight is 662 g/mol. The van der Waals surface area contributed by atoms with Gasteiger partial charge in [-0.2, -0.15) is 0 Å². The van der Waals surface area contributed by atoms with Crippen molar-refractivity contribution >= 4 is 35.8 Å². The minimum atomic E-state index is -0.799. The molecule has 0 aromatic carbocycles. The third-order valence-corrected chi connectivity index (χ3v) is 5.83. The van der Waals surface area contributed by atoms with Gasteiger partial charge in [-0.25, -0.2) is 9.59 Å². The highest BCUT2D eigenvalue weighted by Gasteiger charge is 2.23. The number of hydrogen-bond acceptors (Lipinski definition) is 13. The standard InChI is InChI=1S/C28H47N5O13/c1-40-16-18-42-14-10-31-27(38)45-20-22(21-46-28(39)32-11-15-43-19-17-41-2)44-13-3-4-23(34)29-8-9-30-24(35)7-12-33-25(36)5-6-26(33)37/h5-6,22H,3-4,7-21H2,1-2H3,(H,29,34)(H,30,35)(H,31,38)(H,32,39). The fraction of sp³-hybridized carbons (Fsp3) is 0.714. The van der Waals surface area contributed by atoms with Gasteiger partial charge < -0.3 is 54.4 Å². The van der Waals surface area contributed by atoms with Crippen molar-refractivity contribution in [2.45, 2.75) is 25.4 Å². The normalized spacial score (nSPS) is 12.4. The Morgan fingerprint density at radius 2 is 1.15 bits per heavy atom. The first-order valence-corrected chi connectivity index (χ1v) is 14.9. The van der Waals surface area contributed by atoms with Gasteiger partial charge in [0.15, 0.2) is 0 Å². The summed E-state index contributed by atoms with van der Waals surface area (Å²) in [5.41, 5.74) is 0. The maximum atomic E-state index is 12.1. The van der Waals surface area contributed by atoms with E-state index >= 15 is 0 Å². The highest BCUT2D eigenvalue weighted by Crippen LogP contribution is 2.04. The molecule has 0 radical (unpaired) electrons. The Labute approximate surface area is 268 Å². The second-order valence-electron chi connectivity index (χ2n) is 9.47. The monoisotopic (exact) mass is 661 g/mol. The number of nitrogens with one attached hydrogen (secondary N) is 4. The molecule has 46 heavy (non-hydrogen) atoms. The van der Waals surface area contributed by atoms with Crippen LogP contribution in [0.2, 0.25) is 0 Å². The zero-order valence-electron chi connectivity index (χ0n) is 26.5. The van der Waals surface area contributed by atoms with Crippen LogP contribution in [0.1, 0.15) is 19.3 Å².